The highest BCUT2D eigenvalue weighted by atomic mass is 32.2. The van der Waals surface area contributed by atoms with E-state index in [2.05, 4.69) is 10.4 Å². The molecule has 3 rings (SSSR count). The standard InChI is InChI=1S/C25H28FN3O5S/c1-15(2)34-24(30)14-35(32,33)20-9-6-18(7-10-20)17(4)27-25(31)23-13-22(28-29(23)5)19-8-11-21(26)16(3)12-19/h6-13,15,17H,14H2,1-5H3,(H,27,31). The minimum absolute atomic E-state index is 0.00801. The van der Waals surface area contributed by atoms with Crippen LogP contribution in [0.1, 0.15) is 48.4 Å². The lowest BCUT2D eigenvalue weighted by molar-refractivity contribution is -0.144. The fourth-order valence-corrected chi connectivity index (χ4v) is 4.57. The highest BCUT2D eigenvalue weighted by Crippen LogP contribution is 2.23. The number of hydrogen-bond donors (Lipinski definition) is 1. The third-order valence-electron chi connectivity index (χ3n) is 5.33. The number of esters is 1. The van der Waals surface area contributed by atoms with Gasteiger partial charge in [-0.1, -0.05) is 12.1 Å². The highest BCUT2D eigenvalue weighted by molar-refractivity contribution is 7.92. The molecule has 1 amide bonds. The number of sulfone groups is 1. The predicted octanol–water partition coefficient (Wildman–Crippen LogP) is 3.75. The van der Waals surface area contributed by atoms with E-state index in [4.69, 9.17) is 4.74 Å². The molecule has 35 heavy (non-hydrogen) atoms. The van der Waals surface area contributed by atoms with Crippen molar-refractivity contribution in [3.8, 4) is 11.3 Å². The van der Waals surface area contributed by atoms with Crippen LogP contribution in [0.3, 0.4) is 0 Å². The Balaban J connectivity index is 1.70. The quantitative estimate of drug-likeness (QED) is 0.471. The molecule has 2 aromatic carbocycles. The summed E-state index contributed by atoms with van der Waals surface area (Å²) in [7, 11) is -2.20. The van der Waals surface area contributed by atoms with Gasteiger partial charge in [-0.05, 0) is 75.2 Å². The second kappa shape index (κ2) is 10.4. The number of amides is 1. The average molecular weight is 502 g/mol. The molecule has 0 spiro atoms. The average Bonchev–Trinajstić information content (AvgIpc) is 3.16. The van der Waals surface area contributed by atoms with Crippen molar-refractivity contribution < 1.29 is 27.1 Å². The SMILES string of the molecule is Cc1cc(-c2cc(C(=O)NC(C)c3ccc(S(=O)(=O)CC(=O)OC(C)C)cc3)n(C)n2)ccc1F. The first kappa shape index (κ1) is 26.1. The minimum atomic E-state index is -3.85. The lowest BCUT2D eigenvalue weighted by Gasteiger charge is -2.15. The van der Waals surface area contributed by atoms with Gasteiger partial charge in [-0.15, -0.1) is 0 Å². The minimum Gasteiger partial charge on any atom is -0.462 e. The number of carbonyl (C=O) groups excluding carboxylic acids is 2. The summed E-state index contributed by atoms with van der Waals surface area (Å²) in [6, 6.07) is 11.8. The van der Waals surface area contributed by atoms with Crippen LogP contribution in [0.4, 0.5) is 4.39 Å². The zero-order chi connectivity index (χ0) is 25.9. The molecular weight excluding hydrogens is 473 g/mol. The Kier molecular flexibility index (Phi) is 7.74. The zero-order valence-corrected chi connectivity index (χ0v) is 21.0. The lowest BCUT2D eigenvalue weighted by atomic mass is 10.1. The Morgan fingerprint density at radius 1 is 1.09 bits per heavy atom. The van der Waals surface area contributed by atoms with E-state index in [1.54, 1.807) is 65.1 Å². The number of ether oxygens (including phenoxy) is 1. The number of nitrogens with one attached hydrogen (secondary N) is 1. The Morgan fingerprint density at radius 2 is 1.74 bits per heavy atom. The molecule has 1 heterocycles. The fraction of sp³-hybridized carbons (Fsp3) is 0.320. The second-order valence-electron chi connectivity index (χ2n) is 8.56. The maximum Gasteiger partial charge on any atom is 0.321 e. The summed E-state index contributed by atoms with van der Waals surface area (Å²) in [6.45, 7) is 6.71. The summed E-state index contributed by atoms with van der Waals surface area (Å²) >= 11 is 0. The van der Waals surface area contributed by atoms with Crippen molar-refractivity contribution in [2.24, 2.45) is 7.05 Å². The Morgan fingerprint density at radius 3 is 2.34 bits per heavy atom. The monoisotopic (exact) mass is 501 g/mol. The first-order chi connectivity index (χ1) is 16.4. The number of rotatable bonds is 8. The van der Waals surface area contributed by atoms with E-state index in [-0.39, 0.29) is 16.6 Å². The molecule has 0 aliphatic carbocycles. The van der Waals surface area contributed by atoms with E-state index in [0.29, 0.717) is 28.1 Å². The first-order valence-corrected chi connectivity index (χ1v) is 12.7. The number of carbonyl (C=O) groups is 2. The van der Waals surface area contributed by atoms with Crippen LogP contribution < -0.4 is 5.32 Å². The largest absolute Gasteiger partial charge is 0.462 e. The van der Waals surface area contributed by atoms with E-state index in [1.165, 1.54) is 22.9 Å². The maximum absolute atomic E-state index is 13.6. The van der Waals surface area contributed by atoms with Gasteiger partial charge < -0.3 is 10.1 Å². The van der Waals surface area contributed by atoms with Crippen LogP contribution in [-0.2, 0) is 26.4 Å². The van der Waals surface area contributed by atoms with Crippen LogP contribution in [0, 0.1) is 12.7 Å². The van der Waals surface area contributed by atoms with Crippen molar-refractivity contribution in [1.29, 1.82) is 0 Å². The van der Waals surface area contributed by atoms with Gasteiger partial charge in [0.05, 0.1) is 22.7 Å². The van der Waals surface area contributed by atoms with Crippen molar-refractivity contribution in [3.63, 3.8) is 0 Å². The zero-order valence-electron chi connectivity index (χ0n) is 20.2. The summed E-state index contributed by atoms with van der Waals surface area (Å²) in [5.41, 5.74) is 2.71. The van der Waals surface area contributed by atoms with Crippen molar-refractivity contribution in [1.82, 2.24) is 15.1 Å². The summed E-state index contributed by atoms with van der Waals surface area (Å²) < 4.78 is 44.9. The van der Waals surface area contributed by atoms with Gasteiger partial charge in [0.15, 0.2) is 15.6 Å². The molecule has 0 aliphatic heterocycles. The third-order valence-corrected chi connectivity index (χ3v) is 6.93. The van der Waals surface area contributed by atoms with Gasteiger partial charge in [-0.2, -0.15) is 5.10 Å². The predicted molar refractivity (Wildman–Crippen MR) is 129 cm³/mol. The summed E-state index contributed by atoms with van der Waals surface area (Å²) in [5.74, 6) is -2.24. The van der Waals surface area contributed by atoms with E-state index in [1.807, 2.05) is 0 Å². The number of benzene rings is 2. The number of aromatic nitrogens is 2. The van der Waals surface area contributed by atoms with Crippen LogP contribution in [-0.4, -0.2) is 41.9 Å². The fourth-order valence-electron chi connectivity index (χ4n) is 3.48. The molecule has 186 valence electrons. The molecule has 1 atom stereocenters. The number of halogens is 1. The molecule has 0 fully saturated rings. The number of hydrogen-bond acceptors (Lipinski definition) is 6. The summed E-state index contributed by atoms with van der Waals surface area (Å²) in [6.07, 6.45) is -0.403. The van der Waals surface area contributed by atoms with Crippen LogP contribution in [0.25, 0.3) is 11.3 Å². The normalized spacial score (nSPS) is 12.4. The Hall–Kier alpha value is -3.53. The van der Waals surface area contributed by atoms with E-state index >= 15 is 0 Å². The third kappa shape index (κ3) is 6.33. The molecule has 0 saturated carbocycles. The Labute approximate surface area is 204 Å². The van der Waals surface area contributed by atoms with Gasteiger partial charge in [0.25, 0.3) is 5.91 Å². The molecule has 1 N–H and O–H groups in total. The molecule has 3 aromatic rings. The van der Waals surface area contributed by atoms with E-state index in [0.717, 1.165) is 0 Å². The number of aryl methyl sites for hydroxylation is 2. The molecule has 8 nitrogen and oxygen atoms in total. The van der Waals surface area contributed by atoms with Gasteiger partial charge in [0.2, 0.25) is 0 Å². The Bertz CT molecular complexity index is 1350. The molecule has 0 aliphatic rings. The lowest BCUT2D eigenvalue weighted by Crippen LogP contribution is -2.28. The van der Waals surface area contributed by atoms with Crippen molar-refractivity contribution in [2.75, 3.05) is 5.75 Å². The molecule has 1 aromatic heterocycles. The van der Waals surface area contributed by atoms with Gasteiger partial charge >= 0.3 is 5.97 Å². The van der Waals surface area contributed by atoms with Crippen LogP contribution >= 0.6 is 0 Å². The summed E-state index contributed by atoms with van der Waals surface area (Å²) in [5, 5.41) is 7.23. The van der Waals surface area contributed by atoms with Crippen molar-refractivity contribution in [2.45, 2.75) is 44.7 Å². The van der Waals surface area contributed by atoms with Crippen LogP contribution in [0.5, 0.6) is 0 Å². The second-order valence-corrected chi connectivity index (χ2v) is 10.6. The van der Waals surface area contributed by atoms with Gasteiger partial charge in [0.1, 0.15) is 11.5 Å². The topological polar surface area (TPSA) is 107 Å². The van der Waals surface area contributed by atoms with E-state index in [9.17, 15) is 22.4 Å². The molecule has 0 bridgehead atoms. The van der Waals surface area contributed by atoms with Crippen LogP contribution in [0.2, 0.25) is 0 Å². The van der Waals surface area contributed by atoms with Crippen molar-refractivity contribution in [3.05, 3.63) is 71.2 Å². The molecule has 1 unspecified atom stereocenters. The van der Waals surface area contributed by atoms with Crippen molar-refractivity contribution >= 4 is 21.7 Å². The highest BCUT2D eigenvalue weighted by Gasteiger charge is 2.22. The maximum atomic E-state index is 13.6. The molecule has 0 saturated heterocycles. The van der Waals surface area contributed by atoms with Gasteiger partial charge in [-0.3, -0.25) is 14.3 Å². The molecular formula is C25H28FN3O5S. The van der Waals surface area contributed by atoms with Gasteiger partial charge in [-0.25, -0.2) is 12.8 Å². The summed E-state index contributed by atoms with van der Waals surface area (Å²) in [4.78, 5) is 24.6. The van der Waals surface area contributed by atoms with E-state index < -0.39 is 33.7 Å². The number of nitrogens with zero attached hydrogens (tertiary/aromatic N) is 2. The first-order valence-electron chi connectivity index (χ1n) is 11.0. The molecule has 0 radical (unpaired) electrons. The van der Waals surface area contributed by atoms with Crippen LogP contribution in [0.15, 0.2) is 53.4 Å². The molecule has 10 heteroatoms. The van der Waals surface area contributed by atoms with Gasteiger partial charge in [0, 0.05) is 12.6 Å². The smallest absolute Gasteiger partial charge is 0.321 e.